The minimum absolute atomic E-state index is 0.461. The van der Waals surface area contributed by atoms with Crippen LogP contribution in [0, 0.1) is 17.8 Å². The second kappa shape index (κ2) is 6.91. The molecule has 2 fully saturated rings. The minimum Gasteiger partial charge on any atom is -0.327 e. The van der Waals surface area contributed by atoms with Crippen molar-refractivity contribution in [3.05, 3.63) is 0 Å². The molecule has 18 heavy (non-hydrogen) atoms. The van der Waals surface area contributed by atoms with E-state index in [2.05, 4.69) is 18.7 Å². The molecule has 1 saturated heterocycles. The van der Waals surface area contributed by atoms with E-state index >= 15 is 0 Å². The smallest absolute Gasteiger partial charge is 0.00795 e. The van der Waals surface area contributed by atoms with Crippen LogP contribution in [0.2, 0.25) is 0 Å². The molecule has 2 aliphatic rings. The highest BCUT2D eigenvalue weighted by Gasteiger charge is 2.30. The Hall–Kier alpha value is -0.0800. The van der Waals surface area contributed by atoms with Crippen molar-refractivity contribution in [2.45, 2.75) is 64.8 Å². The molecule has 1 heterocycles. The third-order valence-corrected chi connectivity index (χ3v) is 5.22. The summed E-state index contributed by atoms with van der Waals surface area (Å²) in [5, 5.41) is 0. The molecule has 1 saturated carbocycles. The second-order valence-electron chi connectivity index (χ2n) is 6.96. The second-order valence-corrected chi connectivity index (χ2v) is 6.96. The molecule has 0 spiro atoms. The maximum absolute atomic E-state index is 6.37. The lowest BCUT2D eigenvalue weighted by Gasteiger charge is -2.38. The predicted octanol–water partition coefficient (Wildman–Crippen LogP) is 3.26. The van der Waals surface area contributed by atoms with Crippen molar-refractivity contribution in [2.24, 2.45) is 23.5 Å². The lowest BCUT2D eigenvalue weighted by Crippen LogP contribution is -2.44. The maximum atomic E-state index is 6.37. The first-order chi connectivity index (χ1) is 8.66. The summed E-state index contributed by atoms with van der Waals surface area (Å²) in [6, 6.07) is 0.461. The molecule has 106 valence electrons. The Morgan fingerprint density at radius 1 is 1.06 bits per heavy atom. The van der Waals surface area contributed by atoms with E-state index in [-0.39, 0.29) is 0 Å². The van der Waals surface area contributed by atoms with Crippen LogP contribution in [0.1, 0.15) is 58.8 Å². The van der Waals surface area contributed by atoms with E-state index < -0.39 is 0 Å². The molecule has 3 atom stereocenters. The first-order valence-electron chi connectivity index (χ1n) is 8.14. The average molecular weight is 252 g/mol. The third kappa shape index (κ3) is 3.96. The lowest BCUT2D eigenvalue weighted by molar-refractivity contribution is 0.138. The van der Waals surface area contributed by atoms with Crippen LogP contribution < -0.4 is 5.73 Å². The van der Waals surface area contributed by atoms with Crippen LogP contribution in [-0.4, -0.2) is 30.6 Å². The van der Waals surface area contributed by atoms with Crippen molar-refractivity contribution in [3.63, 3.8) is 0 Å². The van der Waals surface area contributed by atoms with Gasteiger partial charge < -0.3 is 10.6 Å². The molecule has 0 aromatic heterocycles. The summed E-state index contributed by atoms with van der Waals surface area (Å²) in [6.45, 7) is 8.66. The summed E-state index contributed by atoms with van der Waals surface area (Å²) < 4.78 is 0. The van der Waals surface area contributed by atoms with Gasteiger partial charge in [-0.25, -0.2) is 0 Å². The Kier molecular flexibility index (Phi) is 5.50. The van der Waals surface area contributed by atoms with Gasteiger partial charge in [0.2, 0.25) is 0 Å². The molecule has 0 aromatic rings. The first kappa shape index (κ1) is 14.3. The first-order valence-corrected chi connectivity index (χ1v) is 8.14. The molecule has 0 radical (unpaired) electrons. The molecule has 0 bridgehead atoms. The number of hydrogen-bond donors (Lipinski definition) is 1. The lowest BCUT2D eigenvalue weighted by atomic mass is 9.73. The molecular weight excluding hydrogens is 220 g/mol. The Bertz CT molecular complexity index is 231. The van der Waals surface area contributed by atoms with Crippen LogP contribution in [0.25, 0.3) is 0 Å². The number of nitrogens with zero attached hydrogens (tertiary/aromatic N) is 1. The van der Waals surface area contributed by atoms with E-state index in [1.165, 1.54) is 64.6 Å². The maximum Gasteiger partial charge on any atom is 0.00795 e. The van der Waals surface area contributed by atoms with Gasteiger partial charge in [0.1, 0.15) is 0 Å². The van der Waals surface area contributed by atoms with Crippen LogP contribution in [0.4, 0.5) is 0 Å². The minimum atomic E-state index is 0.461. The van der Waals surface area contributed by atoms with Crippen LogP contribution in [0.15, 0.2) is 0 Å². The number of rotatable bonds is 3. The summed E-state index contributed by atoms with van der Waals surface area (Å²) in [5.41, 5.74) is 6.37. The number of nitrogens with two attached hydrogens (primary N) is 1. The quantitative estimate of drug-likeness (QED) is 0.835. The van der Waals surface area contributed by atoms with Gasteiger partial charge in [-0.3, -0.25) is 0 Å². The molecule has 1 aliphatic carbocycles. The van der Waals surface area contributed by atoms with E-state index in [9.17, 15) is 0 Å². The zero-order chi connectivity index (χ0) is 13.0. The Labute approximate surface area is 113 Å². The van der Waals surface area contributed by atoms with E-state index in [1.807, 2.05) is 0 Å². The van der Waals surface area contributed by atoms with Gasteiger partial charge in [0.05, 0.1) is 0 Å². The highest BCUT2D eigenvalue weighted by atomic mass is 15.1. The fourth-order valence-corrected chi connectivity index (χ4v) is 3.79. The van der Waals surface area contributed by atoms with Gasteiger partial charge >= 0.3 is 0 Å². The number of likely N-dealkylation sites (tertiary alicyclic amines) is 1. The molecule has 2 heteroatoms. The summed E-state index contributed by atoms with van der Waals surface area (Å²) in [5.74, 6) is 2.51. The van der Waals surface area contributed by atoms with E-state index in [1.54, 1.807) is 0 Å². The van der Waals surface area contributed by atoms with Gasteiger partial charge in [-0.2, -0.15) is 0 Å². The molecular formula is C16H32N2. The van der Waals surface area contributed by atoms with Crippen LogP contribution in [0.5, 0.6) is 0 Å². The highest BCUT2D eigenvalue weighted by Crippen LogP contribution is 2.33. The van der Waals surface area contributed by atoms with Crippen molar-refractivity contribution >= 4 is 0 Å². The normalized spacial score (nSPS) is 35.7. The van der Waals surface area contributed by atoms with E-state index in [0.29, 0.717) is 6.04 Å². The van der Waals surface area contributed by atoms with Crippen LogP contribution >= 0.6 is 0 Å². The van der Waals surface area contributed by atoms with Gasteiger partial charge in [0, 0.05) is 12.6 Å². The average Bonchev–Trinajstić information content (AvgIpc) is 2.60. The monoisotopic (exact) mass is 252 g/mol. The number of hydrogen-bond acceptors (Lipinski definition) is 2. The van der Waals surface area contributed by atoms with Crippen LogP contribution in [-0.2, 0) is 0 Å². The topological polar surface area (TPSA) is 29.3 Å². The summed E-state index contributed by atoms with van der Waals surface area (Å²) in [7, 11) is 0. The largest absolute Gasteiger partial charge is 0.327 e. The zero-order valence-electron chi connectivity index (χ0n) is 12.4. The molecule has 3 unspecified atom stereocenters. The van der Waals surface area contributed by atoms with Gasteiger partial charge in [0.25, 0.3) is 0 Å². The van der Waals surface area contributed by atoms with Crippen LogP contribution in [0.3, 0.4) is 0 Å². The SMILES string of the molecule is CC(C)C1CCC(N)C(CN2CCCCCC2)C1. The third-order valence-electron chi connectivity index (χ3n) is 5.22. The molecule has 2 N–H and O–H groups in total. The molecule has 1 aliphatic heterocycles. The van der Waals surface area contributed by atoms with Gasteiger partial charge in [-0.05, 0) is 62.9 Å². The van der Waals surface area contributed by atoms with Crippen molar-refractivity contribution in [3.8, 4) is 0 Å². The molecule has 0 aromatic carbocycles. The standard InChI is InChI=1S/C16H32N2/c1-13(2)14-7-8-16(17)15(11-14)12-18-9-5-3-4-6-10-18/h13-16H,3-12,17H2,1-2H3. The zero-order valence-corrected chi connectivity index (χ0v) is 12.4. The van der Waals surface area contributed by atoms with Gasteiger partial charge in [-0.15, -0.1) is 0 Å². The molecule has 2 rings (SSSR count). The summed E-state index contributed by atoms with van der Waals surface area (Å²) in [4.78, 5) is 2.69. The molecule has 2 nitrogen and oxygen atoms in total. The van der Waals surface area contributed by atoms with E-state index in [4.69, 9.17) is 5.73 Å². The fourth-order valence-electron chi connectivity index (χ4n) is 3.79. The van der Waals surface area contributed by atoms with Crippen molar-refractivity contribution in [1.29, 1.82) is 0 Å². The Balaban J connectivity index is 1.85. The fraction of sp³-hybridized carbons (Fsp3) is 1.00. The van der Waals surface area contributed by atoms with E-state index in [0.717, 1.165) is 17.8 Å². The van der Waals surface area contributed by atoms with Crippen molar-refractivity contribution < 1.29 is 0 Å². The molecule has 0 amide bonds. The highest BCUT2D eigenvalue weighted by molar-refractivity contribution is 4.85. The summed E-state index contributed by atoms with van der Waals surface area (Å²) >= 11 is 0. The Morgan fingerprint density at radius 2 is 1.72 bits per heavy atom. The Morgan fingerprint density at radius 3 is 2.33 bits per heavy atom. The van der Waals surface area contributed by atoms with Gasteiger partial charge in [0.15, 0.2) is 0 Å². The van der Waals surface area contributed by atoms with Crippen molar-refractivity contribution in [2.75, 3.05) is 19.6 Å². The summed E-state index contributed by atoms with van der Waals surface area (Å²) in [6.07, 6.45) is 9.64. The predicted molar refractivity (Wildman–Crippen MR) is 78.6 cm³/mol. The van der Waals surface area contributed by atoms with Crippen molar-refractivity contribution in [1.82, 2.24) is 4.90 Å². The van der Waals surface area contributed by atoms with Gasteiger partial charge in [-0.1, -0.05) is 26.7 Å².